The van der Waals surface area contributed by atoms with Gasteiger partial charge in [-0.3, -0.25) is 56.6 Å². The second-order valence-electron chi connectivity index (χ2n) is 16.8. The van der Waals surface area contributed by atoms with E-state index in [0.717, 1.165) is 32.7 Å². The molecule has 15 atom stereocenters. The van der Waals surface area contributed by atoms with Gasteiger partial charge in [0.05, 0.1) is 57.1 Å². The average Bonchev–Trinajstić information content (AvgIpc) is 1.73. The van der Waals surface area contributed by atoms with Crippen LogP contribution >= 0.6 is 46.9 Å². The van der Waals surface area contributed by atoms with Crippen LogP contribution in [-0.4, -0.2) is 177 Å². The summed E-state index contributed by atoms with van der Waals surface area (Å²) in [5, 5.41) is 73.3. The Balaban J connectivity index is 0.000000275. The fourth-order valence-corrected chi connectivity index (χ4v) is 12.4. The molecule has 18 N–H and O–H groups in total. The summed E-state index contributed by atoms with van der Waals surface area (Å²) in [7, 11) is -31.7. The van der Waals surface area contributed by atoms with Crippen LogP contribution in [0.2, 0.25) is 0 Å². The molecule has 0 bridgehead atoms. The topological polar surface area (TPSA) is 775 Å². The van der Waals surface area contributed by atoms with Crippen molar-refractivity contribution in [3.8, 4) is 0 Å². The number of aromatic amines is 3. The SMILES string of the molecule is Nc1nc2c(ncn2[C@@H]2O[C@H](COP(=O)(O)OP(=O)(O)O)[C@@H]([O-])[C@H]2[O-])c(=O)[nH]1.Nc1nc2c(ncn2[C@H]2O[C@@H](COP(=O)(O)OP(=O)(O)O)[C@H]([O-])[C@@H]2[O-])c(=O)[nH]1.Nc1nc2c(ncn2[C@H]2O[C@@H](COP(=O)(O)OP(=O)(O)O)[C@H]([O-])[C@@H]2[O-])c(=O)[nH]1.[Na+].[Na+].[Na+]. The van der Waals surface area contributed by atoms with E-state index in [0.29, 0.717) is 0 Å². The Morgan fingerprint density at radius 1 is 0.437 bits per heavy atom. The molecule has 9 heterocycles. The van der Waals surface area contributed by atoms with Gasteiger partial charge in [0.15, 0.2) is 33.5 Å². The van der Waals surface area contributed by atoms with E-state index in [2.05, 4.69) is 71.4 Å². The van der Waals surface area contributed by atoms with Crippen LogP contribution in [0.3, 0.4) is 0 Å². The first-order valence-corrected chi connectivity index (χ1v) is 31.0. The molecule has 3 aliphatic rings. The molecule has 6 aromatic rings. The van der Waals surface area contributed by atoms with Crippen molar-refractivity contribution in [2.45, 2.75) is 73.6 Å². The molecule has 3 saturated heterocycles. The van der Waals surface area contributed by atoms with Gasteiger partial charge in [-0.2, -0.15) is 27.9 Å². The number of rotatable bonds is 18. The minimum Gasteiger partial charge on any atom is -0.851 e. The van der Waals surface area contributed by atoms with E-state index in [1.54, 1.807) is 0 Å². The van der Waals surface area contributed by atoms with Crippen molar-refractivity contribution in [2.24, 2.45) is 0 Å². The predicted molar refractivity (Wildman–Crippen MR) is 249 cm³/mol. The molecule has 48 nitrogen and oxygen atoms in total. The number of nitrogens with two attached hydrogens (primary N) is 3. The van der Waals surface area contributed by atoms with Crippen molar-refractivity contribution in [1.29, 1.82) is 0 Å². The third kappa shape index (κ3) is 19.7. The standard InChI is InChI=1S/3C10H13N5O11P2.3Na/c3*11-10-13-7-4(8(18)14-10)12-2-15(7)9-6(17)5(16)3(25-9)1-24-28(22,23)26-27(19,20)21;;;/h3*2-3,5-6,9H,1H2,(H,22,23)(H2,19,20,21)(H3,11,13,14,18);;;/q3*-2;3*+1/t3*3-,5-,6-,9-;;;/m100.../s1. The molecule has 0 saturated carbocycles. The van der Waals surface area contributed by atoms with Crippen molar-refractivity contribution in [2.75, 3.05) is 37.0 Å². The largest absolute Gasteiger partial charge is 1.00 e. The predicted octanol–water partition coefficient (Wildman–Crippen LogP) is -20.1. The summed E-state index contributed by atoms with van der Waals surface area (Å²) in [6.45, 7) is -2.92. The number of phosphoric acid groups is 6. The van der Waals surface area contributed by atoms with Gasteiger partial charge in [0.2, 0.25) is 17.8 Å². The van der Waals surface area contributed by atoms with Gasteiger partial charge in [0.25, 0.3) is 16.7 Å². The number of hydrogen-bond acceptors (Lipinski definition) is 33. The summed E-state index contributed by atoms with van der Waals surface area (Å²) < 4.78 is 109. The average molecular weight is 1390 g/mol. The molecule has 3 fully saturated rings. The van der Waals surface area contributed by atoms with Gasteiger partial charge in [-0.15, -0.1) is 18.3 Å². The van der Waals surface area contributed by atoms with Gasteiger partial charge in [0.1, 0.15) is 18.7 Å². The first-order chi connectivity index (χ1) is 38.6. The van der Waals surface area contributed by atoms with Crippen molar-refractivity contribution in [3.05, 3.63) is 50.0 Å². The number of phosphoric ester groups is 3. The normalized spacial score (nSPS) is 26.9. The van der Waals surface area contributed by atoms with E-state index in [4.69, 9.17) is 60.8 Å². The van der Waals surface area contributed by atoms with Crippen LogP contribution in [0, 0.1) is 0 Å². The van der Waals surface area contributed by atoms with Crippen LogP contribution in [0.5, 0.6) is 0 Å². The number of nitrogen functional groups attached to an aromatic ring is 3. The number of aromatic nitrogens is 12. The number of nitrogens with zero attached hydrogens (tertiary/aromatic N) is 9. The molecule has 3 unspecified atom stereocenters. The van der Waals surface area contributed by atoms with Crippen LogP contribution in [0.4, 0.5) is 17.8 Å². The first kappa shape index (κ1) is 77.3. The molecular formula is C30H39N15Na3O33P6-3. The smallest absolute Gasteiger partial charge is 0.851 e. The molecule has 0 aliphatic carbocycles. The van der Waals surface area contributed by atoms with Gasteiger partial charge >= 0.3 is 136 Å². The Morgan fingerprint density at radius 2 is 0.655 bits per heavy atom. The van der Waals surface area contributed by atoms with Crippen molar-refractivity contribution < 1.29 is 231 Å². The zero-order valence-corrected chi connectivity index (χ0v) is 54.9. The summed E-state index contributed by atoms with van der Waals surface area (Å²) >= 11 is 0. The molecule has 3 aliphatic heterocycles. The second kappa shape index (κ2) is 29.9. The summed E-state index contributed by atoms with van der Waals surface area (Å²) in [5.41, 5.74) is 13.4. The maximum atomic E-state index is 12.3. The zero-order chi connectivity index (χ0) is 62.6. The summed E-state index contributed by atoms with van der Waals surface area (Å²) in [6, 6.07) is 0. The van der Waals surface area contributed by atoms with Gasteiger partial charge in [-0.25, -0.2) is 42.3 Å². The van der Waals surface area contributed by atoms with E-state index in [9.17, 15) is 87.1 Å². The molecule has 57 heteroatoms. The maximum Gasteiger partial charge on any atom is 1.00 e. The van der Waals surface area contributed by atoms with Crippen molar-refractivity contribution >= 4 is 98.3 Å². The van der Waals surface area contributed by atoms with E-state index < -0.39 is 157 Å². The van der Waals surface area contributed by atoms with Gasteiger partial charge in [-0.05, 0) is 0 Å². The third-order valence-electron chi connectivity index (χ3n) is 10.9. The fraction of sp³-hybridized carbons (Fsp3) is 0.500. The van der Waals surface area contributed by atoms with E-state index in [-0.39, 0.29) is 140 Å². The van der Waals surface area contributed by atoms with E-state index in [1.165, 1.54) is 0 Å². The zero-order valence-electron chi connectivity index (χ0n) is 43.5. The number of fused-ring (bicyclic) bond motifs is 3. The maximum absolute atomic E-state index is 12.3. The quantitative estimate of drug-likeness (QED) is 0.0281. The molecule has 0 spiro atoms. The number of nitrogens with one attached hydrogen (secondary N) is 3. The summed E-state index contributed by atoms with van der Waals surface area (Å²) in [5.74, 6) is -0.808. The minimum atomic E-state index is -5.35. The molecule has 87 heavy (non-hydrogen) atoms. The number of H-pyrrole nitrogens is 3. The molecule has 9 rings (SSSR count). The number of anilines is 3. The second-order valence-corrected chi connectivity index (χ2v) is 25.3. The van der Waals surface area contributed by atoms with Crippen LogP contribution < -0.4 is 153 Å². The molecule has 468 valence electrons. The summed E-state index contributed by atoms with van der Waals surface area (Å²) in [6.07, 6.45) is -18.0. The van der Waals surface area contributed by atoms with Crippen LogP contribution in [0.15, 0.2) is 33.4 Å². The Kier molecular flexibility index (Phi) is 26.5. The monoisotopic (exact) mass is 1390 g/mol. The number of hydrogen-bond donors (Lipinski definition) is 15. The summed E-state index contributed by atoms with van der Waals surface area (Å²) in [4.78, 5) is 144. The molecule has 0 amide bonds. The van der Waals surface area contributed by atoms with E-state index in [1.807, 2.05) is 0 Å². The molecular weight excluding hydrogens is 1350 g/mol. The van der Waals surface area contributed by atoms with Crippen LogP contribution in [0.1, 0.15) is 18.7 Å². The Hall–Kier alpha value is -2.13. The Labute approximate surface area is 544 Å². The third-order valence-corrected chi connectivity index (χ3v) is 17.3. The minimum absolute atomic E-state index is 0. The number of ether oxygens (including phenoxy) is 3. The number of imidazole rings is 3. The molecule has 0 radical (unpaired) electrons. The van der Waals surface area contributed by atoms with Crippen molar-refractivity contribution in [3.63, 3.8) is 0 Å². The molecule has 0 aromatic carbocycles. The van der Waals surface area contributed by atoms with Crippen LogP contribution in [-0.2, 0) is 68.1 Å². The van der Waals surface area contributed by atoms with Gasteiger partial charge in [0, 0.05) is 0 Å². The van der Waals surface area contributed by atoms with Gasteiger partial charge in [-0.1, -0.05) is 18.3 Å². The Bertz CT molecular complexity index is 3510. The Morgan fingerprint density at radius 3 is 0.862 bits per heavy atom. The molecule has 6 aromatic heterocycles. The van der Waals surface area contributed by atoms with Crippen LogP contribution in [0.25, 0.3) is 33.5 Å². The van der Waals surface area contributed by atoms with Gasteiger partial charge < -0.3 is 106 Å². The van der Waals surface area contributed by atoms with Crippen molar-refractivity contribution in [1.82, 2.24) is 58.6 Å². The first-order valence-electron chi connectivity index (χ1n) is 21.9. The fourth-order valence-electron chi connectivity index (χ4n) is 7.56. The van der Waals surface area contributed by atoms with E-state index >= 15 is 0 Å².